The van der Waals surface area contributed by atoms with Crippen LogP contribution < -0.4 is 5.32 Å². The third-order valence-corrected chi connectivity index (χ3v) is 4.38. The molecule has 0 fully saturated rings. The minimum Gasteiger partial charge on any atom is -0.380 e. The minimum absolute atomic E-state index is 0.126. The molecule has 0 saturated heterocycles. The van der Waals surface area contributed by atoms with Crippen LogP contribution in [0.25, 0.3) is 0 Å². The highest BCUT2D eigenvalue weighted by atomic mass is 32.1. The predicted molar refractivity (Wildman–Crippen MR) is 87.6 cm³/mol. The van der Waals surface area contributed by atoms with Crippen LogP contribution in [-0.2, 0) is 16.6 Å². The fraction of sp³-hybridized carbons (Fsp3) is 0.812. The number of likely N-dealkylation sites (N-methyl/N-ethyl adjacent to an activating group) is 1. The molecule has 1 N–H and O–H groups in total. The summed E-state index contributed by atoms with van der Waals surface area (Å²) >= 11 is 1.76. The van der Waals surface area contributed by atoms with E-state index in [4.69, 9.17) is 9.72 Å². The van der Waals surface area contributed by atoms with Gasteiger partial charge in [0.25, 0.3) is 0 Å². The summed E-state index contributed by atoms with van der Waals surface area (Å²) in [6, 6.07) is 0.323. The summed E-state index contributed by atoms with van der Waals surface area (Å²) in [6.07, 6.45) is 1.16. The number of aromatic nitrogens is 1. The van der Waals surface area contributed by atoms with Gasteiger partial charge < -0.3 is 10.1 Å². The Hall–Kier alpha value is -0.450. The molecule has 0 radical (unpaired) electrons. The first-order chi connectivity index (χ1) is 9.29. The highest BCUT2D eigenvalue weighted by Crippen LogP contribution is 2.25. The Morgan fingerprint density at radius 3 is 2.40 bits per heavy atom. The van der Waals surface area contributed by atoms with Crippen LogP contribution in [0.3, 0.4) is 0 Å². The molecule has 0 spiro atoms. The summed E-state index contributed by atoms with van der Waals surface area (Å²) in [6.45, 7) is 14.1. The number of nitrogens with zero attached hydrogens (tertiary/aromatic N) is 1. The van der Waals surface area contributed by atoms with Gasteiger partial charge in [0.15, 0.2) is 0 Å². The molecule has 0 amide bonds. The van der Waals surface area contributed by atoms with Gasteiger partial charge in [0.05, 0.1) is 16.8 Å². The lowest BCUT2D eigenvalue weighted by molar-refractivity contribution is 0.0336. The number of hydrogen-bond acceptors (Lipinski definition) is 4. The van der Waals surface area contributed by atoms with Crippen molar-refractivity contribution in [1.29, 1.82) is 0 Å². The summed E-state index contributed by atoms with van der Waals surface area (Å²) in [7, 11) is 1.80. The Balaban J connectivity index is 2.82. The Morgan fingerprint density at radius 1 is 1.35 bits per heavy atom. The molecule has 1 aromatic rings. The van der Waals surface area contributed by atoms with Gasteiger partial charge in [-0.3, -0.25) is 0 Å². The number of hydrogen-bond donors (Lipinski definition) is 1. The molecule has 116 valence electrons. The van der Waals surface area contributed by atoms with Crippen LogP contribution in [0.4, 0.5) is 0 Å². The van der Waals surface area contributed by atoms with Gasteiger partial charge in [-0.25, -0.2) is 4.98 Å². The normalized spacial score (nSPS) is 15.6. The quantitative estimate of drug-likeness (QED) is 0.834. The second kappa shape index (κ2) is 7.53. The van der Waals surface area contributed by atoms with E-state index >= 15 is 0 Å². The average Bonchev–Trinajstić information content (AvgIpc) is 2.78. The van der Waals surface area contributed by atoms with Crippen molar-refractivity contribution in [2.45, 2.75) is 65.5 Å². The molecular formula is C16H30N2OS. The lowest BCUT2D eigenvalue weighted by Gasteiger charge is -2.29. The Labute approximate surface area is 128 Å². The monoisotopic (exact) mass is 298 g/mol. The number of ether oxygens (including phenoxy) is 1. The zero-order valence-electron chi connectivity index (χ0n) is 14.0. The van der Waals surface area contributed by atoms with Crippen molar-refractivity contribution in [2.24, 2.45) is 5.92 Å². The molecule has 3 nitrogen and oxygen atoms in total. The molecule has 0 aliphatic heterocycles. The van der Waals surface area contributed by atoms with E-state index in [0.29, 0.717) is 12.0 Å². The summed E-state index contributed by atoms with van der Waals surface area (Å²) in [4.78, 5) is 4.80. The number of methoxy groups -OCH3 is 1. The van der Waals surface area contributed by atoms with Crippen molar-refractivity contribution >= 4 is 11.3 Å². The minimum atomic E-state index is 0.126. The van der Waals surface area contributed by atoms with Crippen molar-refractivity contribution in [3.8, 4) is 0 Å². The van der Waals surface area contributed by atoms with Gasteiger partial charge in [0.2, 0.25) is 0 Å². The fourth-order valence-electron chi connectivity index (χ4n) is 2.40. The standard InChI is InChI=1S/C16H30N2OS/c1-8-17-12(15(19-7)11(2)3)9-14-18-13(10-20-14)16(4,5)6/h10-12,15,17H,8-9H2,1-7H3. The first-order valence-electron chi connectivity index (χ1n) is 7.50. The molecule has 0 aromatic carbocycles. The molecule has 4 heteroatoms. The molecular weight excluding hydrogens is 268 g/mol. The average molecular weight is 298 g/mol. The smallest absolute Gasteiger partial charge is 0.0945 e. The van der Waals surface area contributed by atoms with Crippen LogP contribution in [-0.4, -0.2) is 30.8 Å². The largest absolute Gasteiger partial charge is 0.380 e. The summed E-state index contributed by atoms with van der Waals surface area (Å²) in [5, 5.41) is 6.94. The first kappa shape index (κ1) is 17.6. The topological polar surface area (TPSA) is 34.2 Å². The molecule has 1 aromatic heterocycles. The van der Waals surface area contributed by atoms with Gasteiger partial charge in [-0.1, -0.05) is 41.5 Å². The summed E-state index contributed by atoms with van der Waals surface area (Å²) in [5.41, 5.74) is 1.31. The predicted octanol–water partition coefficient (Wildman–Crippen LogP) is 3.63. The van der Waals surface area contributed by atoms with E-state index in [-0.39, 0.29) is 11.5 Å². The van der Waals surface area contributed by atoms with E-state index < -0.39 is 0 Å². The van der Waals surface area contributed by atoms with Crippen LogP contribution in [0.5, 0.6) is 0 Å². The third-order valence-electron chi connectivity index (χ3n) is 3.51. The molecule has 0 aliphatic carbocycles. The van der Waals surface area contributed by atoms with Crippen LogP contribution in [0.2, 0.25) is 0 Å². The number of rotatable bonds is 7. The van der Waals surface area contributed by atoms with Crippen LogP contribution in [0, 0.1) is 5.92 Å². The van der Waals surface area contributed by atoms with Crippen LogP contribution >= 0.6 is 11.3 Å². The van der Waals surface area contributed by atoms with Crippen molar-refractivity contribution in [3.63, 3.8) is 0 Å². The summed E-state index contributed by atoms with van der Waals surface area (Å²) in [5.74, 6) is 0.492. The number of nitrogens with one attached hydrogen (secondary N) is 1. The Morgan fingerprint density at radius 2 is 2.00 bits per heavy atom. The second-order valence-corrected chi connectivity index (χ2v) is 7.63. The van der Waals surface area contributed by atoms with Crippen molar-refractivity contribution < 1.29 is 4.74 Å². The van der Waals surface area contributed by atoms with E-state index in [2.05, 4.69) is 52.2 Å². The van der Waals surface area contributed by atoms with Crippen LogP contribution in [0.1, 0.15) is 52.2 Å². The van der Waals surface area contributed by atoms with E-state index in [9.17, 15) is 0 Å². The SMILES string of the molecule is CCNC(Cc1nc(C(C)(C)C)cs1)C(OC)C(C)C. The van der Waals surface area contributed by atoms with Gasteiger partial charge in [0, 0.05) is 30.4 Å². The highest BCUT2D eigenvalue weighted by Gasteiger charge is 2.26. The van der Waals surface area contributed by atoms with E-state index in [0.717, 1.165) is 13.0 Å². The van der Waals surface area contributed by atoms with E-state index in [1.54, 1.807) is 18.4 Å². The Bertz CT molecular complexity index is 395. The van der Waals surface area contributed by atoms with Gasteiger partial charge in [0.1, 0.15) is 0 Å². The van der Waals surface area contributed by atoms with Crippen molar-refractivity contribution in [2.75, 3.05) is 13.7 Å². The molecule has 0 saturated carbocycles. The lowest BCUT2D eigenvalue weighted by Crippen LogP contribution is -2.45. The molecule has 0 bridgehead atoms. The zero-order valence-corrected chi connectivity index (χ0v) is 14.8. The zero-order chi connectivity index (χ0) is 15.3. The van der Waals surface area contributed by atoms with Gasteiger partial charge in [-0.15, -0.1) is 11.3 Å². The molecule has 1 rings (SSSR count). The molecule has 2 unspecified atom stereocenters. The van der Waals surface area contributed by atoms with Crippen molar-refractivity contribution in [1.82, 2.24) is 10.3 Å². The lowest BCUT2D eigenvalue weighted by atomic mass is 9.93. The molecule has 20 heavy (non-hydrogen) atoms. The van der Waals surface area contributed by atoms with Gasteiger partial charge in [-0.05, 0) is 12.5 Å². The van der Waals surface area contributed by atoms with Gasteiger partial charge >= 0.3 is 0 Å². The number of thiazole rings is 1. The third kappa shape index (κ3) is 4.83. The highest BCUT2D eigenvalue weighted by molar-refractivity contribution is 7.09. The van der Waals surface area contributed by atoms with E-state index in [1.165, 1.54) is 10.7 Å². The van der Waals surface area contributed by atoms with Crippen LogP contribution in [0.15, 0.2) is 5.38 Å². The first-order valence-corrected chi connectivity index (χ1v) is 8.38. The maximum Gasteiger partial charge on any atom is 0.0945 e. The molecule has 2 atom stereocenters. The molecule has 0 aliphatic rings. The maximum atomic E-state index is 5.69. The Kier molecular flexibility index (Phi) is 6.62. The molecule has 1 heterocycles. The van der Waals surface area contributed by atoms with E-state index in [1.807, 2.05) is 0 Å². The maximum absolute atomic E-state index is 5.69. The second-order valence-electron chi connectivity index (χ2n) is 6.69. The summed E-state index contributed by atoms with van der Waals surface area (Å²) < 4.78 is 5.69. The van der Waals surface area contributed by atoms with Gasteiger partial charge in [-0.2, -0.15) is 0 Å². The fourth-order valence-corrected chi connectivity index (χ4v) is 3.49. The van der Waals surface area contributed by atoms with Crippen molar-refractivity contribution in [3.05, 3.63) is 16.1 Å².